The number of nitriles is 1. The monoisotopic (exact) mass is 223 g/mol. The summed E-state index contributed by atoms with van der Waals surface area (Å²) >= 11 is 5.82. The fourth-order valence-electron chi connectivity index (χ4n) is 0.986. The summed E-state index contributed by atoms with van der Waals surface area (Å²) in [5.74, 6) is -0.115. The van der Waals surface area contributed by atoms with Crippen LogP contribution in [0.15, 0.2) is 18.2 Å². The molecule has 0 aliphatic rings. The second kappa shape index (κ2) is 5.23. The van der Waals surface area contributed by atoms with Gasteiger partial charge in [-0.05, 0) is 18.2 Å². The third kappa shape index (κ3) is 3.15. The lowest BCUT2D eigenvalue weighted by Crippen LogP contribution is -2.26. The molecule has 15 heavy (non-hydrogen) atoms. The number of carbonyl (C=O) groups is 1. The topological polar surface area (TPSA) is 64.9 Å². The van der Waals surface area contributed by atoms with Crippen molar-refractivity contribution in [3.63, 3.8) is 0 Å². The van der Waals surface area contributed by atoms with E-state index in [0.29, 0.717) is 16.3 Å². The van der Waals surface area contributed by atoms with Crippen LogP contribution in [0.25, 0.3) is 0 Å². The molecule has 0 aliphatic carbocycles. The van der Waals surface area contributed by atoms with Crippen LogP contribution in [0.4, 0.5) is 5.69 Å². The maximum absolute atomic E-state index is 10.9. The normalized spacial score (nSPS) is 9.13. The quantitative estimate of drug-likeness (QED) is 0.814. The second-order valence-electron chi connectivity index (χ2n) is 2.83. The molecule has 0 aliphatic heterocycles. The van der Waals surface area contributed by atoms with Crippen LogP contribution in [-0.2, 0) is 4.79 Å². The van der Waals surface area contributed by atoms with Gasteiger partial charge in [-0.15, -0.1) is 0 Å². The van der Waals surface area contributed by atoms with Crippen LogP contribution in [-0.4, -0.2) is 19.5 Å². The van der Waals surface area contributed by atoms with Gasteiger partial charge >= 0.3 is 0 Å². The van der Waals surface area contributed by atoms with Gasteiger partial charge in [-0.25, -0.2) is 0 Å². The van der Waals surface area contributed by atoms with Crippen LogP contribution in [0, 0.1) is 11.3 Å². The first kappa shape index (κ1) is 11.3. The molecule has 0 heterocycles. The Kier molecular flexibility index (Phi) is 3.95. The average Bonchev–Trinajstić information content (AvgIpc) is 2.26. The smallest absolute Gasteiger partial charge is 0.239 e. The van der Waals surface area contributed by atoms with E-state index in [0.717, 1.165) is 0 Å². The summed E-state index contributed by atoms with van der Waals surface area (Å²) < 4.78 is 0. The summed E-state index contributed by atoms with van der Waals surface area (Å²) in [5, 5.41) is 14.4. The van der Waals surface area contributed by atoms with Gasteiger partial charge in [-0.2, -0.15) is 5.26 Å². The maximum atomic E-state index is 10.9. The number of benzene rings is 1. The molecule has 1 aromatic carbocycles. The predicted molar refractivity (Wildman–Crippen MR) is 58.7 cm³/mol. The van der Waals surface area contributed by atoms with E-state index in [1.807, 2.05) is 6.07 Å². The third-order valence-corrected chi connectivity index (χ3v) is 2.13. The van der Waals surface area contributed by atoms with Gasteiger partial charge in [0.2, 0.25) is 5.91 Å². The van der Waals surface area contributed by atoms with Crippen molar-refractivity contribution in [3.8, 4) is 6.07 Å². The number of hydrogen-bond donors (Lipinski definition) is 2. The first-order valence-electron chi connectivity index (χ1n) is 4.31. The van der Waals surface area contributed by atoms with Gasteiger partial charge in [-0.3, -0.25) is 4.79 Å². The van der Waals surface area contributed by atoms with Gasteiger partial charge in [0.25, 0.3) is 0 Å². The lowest BCUT2D eigenvalue weighted by Gasteiger charge is -2.05. The highest BCUT2D eigenvalue weighted by atomic mass is 35.5. The van der Waals surface area contributed by atoms with Crippen molar-refractivity contribution >= 4 is 23.2 Å². The Bertz CT molecular complexity index is 412. The van der Waals surface area contributed by atoms with Gasteiger partial charge in [0.15, 0.2) is 0 Å². The van der Waals surface area contributed by atoms with Crippen molar-refractivity contribution in [2.75, 3.05) is 18.9 Å². The Morgan fingerprint density at radius 2 is 2.33 bits per heavy atom. The Hall–Kier alpha value is -1.73. The van der Waals surface area contributed by atoms with Crippen molar-refractivity contribution < 1.29 is 4.79 Å². The number of hydrogen-bond acceptors (Lipinski definition) is 3. The Morgan fingerprint density at radius 1 is 1.60 bits per heavy atom. The summed E-state index contributed by atoms with van der Waals surface area (Å²) in [6.45, 7) is 0.179. The molecule has 0 saturated heterocycles. The fraction of sp³-hybridized carbons (Fsp3) is 0.200. The first-order valence-corrected chi connectivity index (χ1v) is 4.69. The van der Waals surface area contributed by atoms with Crippen molar-refractivity contribution in [2.45, 2.75) is 0 Å². The average molecular weight is 224 g/mol. The number of anilines is 1. The minimum atomic E-state index is -0.115. The SMILES string of the molecule is CNC(=O)CNc1ccc(C#N)c(Cl)c1. The van der Waals surface area contributed by atoms with Gasteiger partial charge in [0, 0.05) is 12.7 Å². The van der Waals surface area contributed by atoms with E-state index >= 15 is 0 Å². The van der Waals surface area contributed by atoms with E-state index in [2.05, 4.69) is 10.6 Å². The molecule has 0 saturated carbocycles. The largest absolute Gasteiger partial charge is 0.376 e. The molecule has 1 rings (SSSR count). The number of carbonyl (C=O) groups excluding carboxylic acids is 1. The highest BCUT2D eigenvalue weighted by molar-refractivity contribution is 6.32. The molecule has 4 nitrogen and oxygen atoms in total. The van der Waals surface area contributed by atoms with Gasteiger partial charge < -0.3 is 10.6 Å². The molecule has 0 fully saturated rings. The van der Waals surface area contributed by atoms with Crippen molar-refractivity contribution in [1.82, 2.24) is 5.32 Å². The summed E-state index contributed by atoms with van der Waals surface area (Å²) in [6.07, 6.45) is 0. The van der Waals surface area contributed by atoms with Crippen LogP contribution in [0.2, 0.25) is 5.02 Å². The summed E-state index contributed by atoms with van der Waals surface area (Å²) in [5.41, 5.74) is 1.13. The van der Waals surface area contributed by atoms with E-state index in [9.17, 15) is 4.79 Å². The fourth-order valence-corrected chi connectivity index (χ4v) is 1.21. The number of likely N-dealkylation sites (N-methyl/N-ethyl adjacent to an activating group) is 1. The van der Waals surface area contributed by atoms with Crippen molar-refractivity contribution in [2.24, 2.45) is 0 Å². The molecule has 0 radical (unpaired) electrons. The van der Waals surface area contributed by atoms with Crippen LogP contribution in [0.1, 0.15) is 5.56 Å². The first-order chi connectivity index (χ1) is 7.17. The zero-order valence-corrected chi connectivity index (χ0v) is 8.93. The molecule has 1 aromatic rings. The van der Waals surface area contributed by atoms with E-state index < -0.39 is 0 Å². The number of rotatable bonds is 3. The van der Waals surface area contributed by atoms with Crippen LogP contribution in [0.3, 0.4) is 0 Å². The molecule has 5 heteroatoms. The number of amides is 1. The Balaban J connectivity index is 2.68. The predicted octanol–water partition coefficient (Wildman–Crippen LogP) is 1.37. The number of nitrogens with one attached hydrogen (secondary N) is 2. The summed E-state index contributed by atoms with van der Waals surface area (Å²) in [7, 11) is 1.57. The zero-order valence-electron chi connectivity index (χ0n) is 8.17. The minimum Gasteiger partial charge on any atom is -0.376 e. The molecule has 0 atom stereocenters. The number of nitrogens with zero attached hydrogens (tertiary/aromatic N) is 1. The molecule has 1 amide bonds. The van der Waals surface area contributed by atoms with E-state index in [-0.39, 0.29) is 12.5 Å². The molecular weight excluding hydrogens is 214 g/mol. The van der Waals surface area contributed by atoms with E-state index in [4.69, 9.17) is 16.9 Å². The van der Waals surface area contributed by atoms with Crippen LogP contribution < -0.4 is 10.6 Å². The standard InChI is InChI=1S/C10H10ClN3O/c1-13-10(15)6-14-8-3-2-7(5-12)9(11)4-8/h2-4,14H,6H2,1H3,(H,13,15). The highest BCUT2D eigenvalue weighted by Crippen LogP contribution is 2.19. The molecule has 0 spiro atoms. The van der Waals surface area contributed by atoms with Gasteiger partial charge in [-0.1, -0.05) is 11.6 Å². The molecule has 0 bridgehead atoms. The van der Waals surface area contributed by atoms with Crippen LogP contribution in [0.5, 0.6) is 0 Å². The van der Waals surface area contributed by atoms with Gasteiger partial charge in [0.05, 0.1) is 17.1 Å². The van der Waals surface area contributed by atoms with Crippen LogP contribution >= 0.6 is 11.6 Å². The zero-order chi connectivity index (χ0) is 11.3. The Morgan fingerprint density at radius 3 is 2.87 bits per heavy atom. The lowest BCUT2D eigenvalue weighted by atomic mass is 10.2. The molecule has 2 N–H and O–H groups in total. The van der Waals surface area contributed by atoms with Crippen molar-refractivity contribution in [3.05, 3.63) is 28.8 Å². The molecule has 78 valence electrons. The maximum Gasteiger partial charge on any atom is 0.239 e. The molecule has 0 unspecified atom stereocenters. The van der Waals surface area contributed by atoms with E-state index in [1.54, 1.807) is 25.2 Å². The van der Waals surface area contributed by atoms with Gasteiger partial charge in [0.1, 0.15) is 6.07 Å². The number of halogens is 1. The van der Waals surface area contributed by atoms with E-state index in [1.165, 1.54) is 0 Å². The third-order valence-electron chi connectivity index (χ3n) is 1.82. The second-order valence-corrected chi connectivity index (χ2v) is 3.24. The molecule has 0 aromatic heterocycles. The summed E-state index contributed by atoms with van der Waals surface area (Å²) in [4.78, 5) is 10.9. The van der Waals surface area contributed by atoms with Crippen molar-refractivity contribution in [1.29, 1.82) is 5.26 Å². The summed E-state index contributed by atoms with van der Waals surface area (Å²) in [6, 6.07) is 6.88. The Labute approximate surface area is 92.8 Å². The lowest BCUT2D eigenvalue weighted by molar-refractivity contribution is -0.118. The molecular formula is C10H10ClN3O. The highest BCUT2D eigenvalue weighted by Gasteiger charge is 2.02. The minimum absolute atomic E-state index is 0.115.